The molecule has 1 saturated carbocycles. The Balaban J connectivity index is 1.80. The second kappa shape index (κ2) is 7.36. The van der Waals surface area contributed by atoms with E-state index in [1.165, 1.54) is 30.7 Å². The second-order valence-corrected chi connectivity index (χ2v) is 6.32. The lowest BCUT2D eigenvalue weighted by molar-refractivity contribution is 0.619. The minimum absolute atomic E-state index is 0.516. The fourth-order valence-electron chi connectivity index (χ4n) is 3.54. The predicted octanol–water partition coefficient (Wildman–Crippen LogP) is 5.99. The first-order valence-electron chi connectivity index (χ1n) is 8.44. The Bertz CT molecular complexity index is 625. The highest BCUT2D eigenvalue weighted by atomic mass is 14.8. The SMILES string of the molecule is CC(=Nc1ccccc1)C1CCCC1C(C)=Nc1ccccc1. The summed E-state index contributed by atoms with van der Waals surface area (Å²) in [4.78, 5) is 9.68. The molecule has 0 bridgehead atoms. The van der Waals surface area contributed by atoms with Crippen LogP contribution in [0.5, 0.6) is 0 Å². The minimum Gasteiger partial charge on any atom is -0.258 e. The summed E-state index contributed by atoms with van der Waals surface area (Å²) in [6.07, 6.45) is 3.70. The highest BCUT2D eigenvalue weighted by molar-refractivity contribution is 5.95. The molecule has 118 valence electrons. The van der Waals surface area contributed by atoms with Gasteiger partial charge in [-0.2, -0.15) is 0 Å². The van der Waals surface area contributed by atoms with E-state index in [9.17, 15) is 0 Å². The number of hydrogen-bond acceptors (Lipinski definition) is 2. The average Bonchev–Trinajstić information content (AvgIpc) is 3.06. The number of nitrogens with zero attached hydrogens (tertiary/aromatic N) is 2. The van der Waals surface area contributed by atoms with E-state index in [1.807, 2.05) is 36.4 Å². The minimum atomic E-state index is 0.516. The van der Waals surface area contributed by atoms with Crippen LogP contribution in [0, 0.1) is 11.8 Å². The fraction of sp³-hybridized carbons (Fsp3) is 0.333. The van der Waals surface area contributed by atoms with Gasteiger partial charge < -0.3 is 0 Å². The molecule has 2 nitrogen and oxygen atoms in total. The van der Waals surface area contributed by atoms with Crippen LogP contribution in [0.1, 0.15) is 33.1 Å². The van der Waals surface area contributed by atoms with Gasteiger partial charge in [-0.25, -0.2) is 0 Å². The van der Waals surface area contributed by atoms with Crippen molar-refractivity contribution in [3.05, 3.63) is 60.7 Å². The van der Waals surface area contributed by atoms with Crippen molar-refractivity contribution in [3.63, 3.8) is 0 Å². The molecule has 0 radical (unpaired) electrons. The van der Waals surface area contributed by atoms with Crippen molar-refractivity contribution in [3.8, 4) is 0 Å². The van der Waals surface area contributed by atoms with Gasteiger partial charge in [0.05, 0.1) is 11.4 Å². The molecule has 0 spiro atoms. The Morgan fingerprint density at radius 3 is 1.48 bits per heavy atom. The number of aliphatic imine (C=N–C) groups is 2. The molecule has 2 aromatic carbocycles. The van der Waals surface area contributed by atoms with Crippen molar-refractivity contribution < 1.29 is 0 Å². The van der Waals surface area contributed by atoms with E-state index in [0.717, 1.165) is 11.4 Å². The van der Waals surface area contributed by atoms with E-state index in [2.05, 4.69) is 38.1 Å². The summed E-state index contributed by atoms with van der Waals surface area (Å²) in [6.45, 7) is 4.34. The molecule has 0 N–H and O–H groups in total. The molecule has 1 fully saturated rings. The highest BCUT2D eigenvalue weighted by Crippen LogP contribution is 2.35. The first-order valence-corrected chi connectivity index (χ1v) is 8.44. The maximum Gasteiger partial charge on any atom is 0.0629 e. The summed E-state index contributed by atoms with van der Waals surface area (Å²) >= 11 is 0. The van der Waals surface area contributed by atoms with Crippen molar-refractivity contribution in [2.45, 2.75) is 33.1 Å². The van der Waals surface area contributed by atoms with Crippen LogP contribution in [-0.4, -0.2) is 11.4 Å². The molecule has 2 unspecified atom stereocenters. The molecule has 0 amide bonds. The van der Waals surface area contributed by atoms with Crippen molar-refractivity contribution in [1.82, 2.24) is 0 Å². The molecular formula is C21H24N2. The lowest BCUT2D eigenvalue weighted by Gasteiger charge is -2.19. The van der Waals surface area contributed by atoms with E-state index < -0.39 is 0 Å². The second-order valence-electron chi connectivity index (χ2n) is 6.32. The topological polar surface area (TPSA) is 24.7 Å². The Morgan fingerprint density at radius 2 is 1.09 bits per heavy atom. The van der Waals surface area contributed by atoms with Gasteiger partial charge in [0.1, 0.15) is 0 Å². The third-order valence-corrected chi connectivity index (χ3v) is 4.71. The van der Waals surface area contributed by atoms with Gasteiger partial charge in [-0.1, -0.05) is 42.8 Å². The van der Waals surface area contributed by atoms with E-state index in [-0.39, 0.29) is 0 Å². The van der Waals surface area contributed by atoms with E-state index >= 15 is 0 Å². The Morgan fingerprint density at radius 1 is 0.696 bits per heavy atom. The van der Waals surface area contributed by atoms with Crippen LogP contribution in [0.15, 0.2) is 70.6 Å². The number of benzene rings is 2. The summed E-state index contributed by atoms with van der Waals surface area (Å²) < 4.78 is 0. The van der Waals surface area contributed by atoms with Crippen LogP contribution in [0.2, 0.25) is 0 Å². The number of para-hydroxylation sites is 2. The largest absolute Gasteiger partial charge is 0.258 e. The quantitative estimate of drug-likeness (QED) is 0.620. The molecule has 1 aliphatic carbocycles. The summed E-state index contributed by atoms with van der Waals surface area (Å²) in [7, 11) is 0. The molecule has 2 heteroatoms. The van der Waals surface area contributed by atoms with E-state index in [0.29, 0.717) is 11.8 Å². The van der Waals surface area contributed by atoms with Gasteiger partial charge in [0.25, 0.3) is 0 Å². The van der Waals surface area contributed by atoms with E-state index in [4.69, 9.17) is 9.98 Å². The Hall–Kier alpha value is -2.22. The monoisotopic (exact) mass is 304 g/mol. The zero-order chi connectivity index (χ0) is 16.1. The standard InChI is InChI=1S/C21H24N2/c1-16(22-18-10-5-3-6-11-18)20-14-9-15-21(20)17(2)23-19-12-7-4-8-13-19/h3-8,10-13,20-21H,9,14-15H2,1-2H3. The molecular weight excluding hydrogens is 280 g/mol. The summed E-state index contributed by atoms with van der Waals surface area (Å²) in [5.74, 6) is 1.03. The van der Waals surface area contributed by atoms with Crippen LogP contribution in [0.4, 0.5) is 11.4 Å². The third-order valence-electron chi connectivity index (χ3n) is 4.71. The summed E-state index contributed by atoms with van der Waals surface area (Å²) in [5.41, 5.74) is 4.57. The number of hydrogen-bond donors (Lipinski definition) is 0. The van der Waals surface area contributed by atoms with Gasteiger partial charge in [-0.3, -0.25) is 9.98 Å². The molecule has 2 atom stereocenters. The first-order chi connectivity index (χ1) is 11.2. The fourth-order valence-corrected chi connectivity index (χ4v) is 3.54. The first kappa shape index (κ1) is 15.7. The summed E-state index contributed by atoms with van der Waals surface area (Å²) in [5, 5.41) is 0. The zero-order valence-corrected chi connectivity index (χ0v) is 13.9. The Labute approximate surface area is 139 Å². The van der Waals surface area contributed by atoms with Gasteiger partial charge >= 0.3 is 0 Å². The molecule has 0 heterocycles. The molecule has 1 aliphatic rings. The molecule has 0 aromatic heterocycles. The normalized spacial score (nSPS) is 22.3. The average molecular weight is 304 g/mol. The third kappa shape index (κ3) is 3.95. The van der Waals surface area contributed by atoms with Crippen LogP contribution >= 0.6 is 0 Å². The van der Waals surface area contributed by atoms with Crippen LogP contribution in [0.25, 0.3) is 0 Å². The van der Waals surface area contributed by atoms with Crippen LogP contribution in [0.3, 0.4) is 0 Å². The van der Waals surface area contributed by atoms with Gasteiger partial charge in [0, 0.05) is 23.3 Å². The smallest absolute Gasteiger partial charge is 0.0629 e. The molecule has 0 aliphatic heterocycles. The highest BCUT2D eigenvalue weighted by Gasteiger charge is 2.31. The molecule has 0 saturated heterocycles. The molecule has 3 rings (SSSR count). The maximum absolute atomic E-state index is 4.84. The van der Waals surface area contributed by atoms with Crippen LogP contribution in [-0.2, 0) is 0 Å². The molecule has 2 aromatic rings. The van der Waals surface area contributed by atoms with Gasteiger partial charge in [-0.15, -0.1) is 0 Å². The van der Waals surface area contributed by atoms with Crippen molar-refractivity contribution in [1.29, 1.82) is 0 Å². The van der Waals surface area contributed by atoms with Gasteiger partial charge in [0.15, 0.2) is 0 Å². The van der Waals surface area contributed by atoms with Crippen molar-refractivity contribution in [2.75, 3.05) is 0 Å². The summed E-state index contributed by atoms with van der Waals surface area (Å²) in [6, 6.07) is 20.5. The van der Waals surface area contributed by atoms with Crippen LogP contribution < -0.4 is 0 Å². The zero-order valence-electron chi connectivity index (χ0n) is 13.9. The number of rotatable bonds is 4. The van der Waals surface area contributed by atoms with E-state index in [1.54, 1.807) is 0 Å². The van der Waals surface area contributed by atoms with Crippen molar-refractivity contribution in [2.24, 2.45) is 21.8 Å². The van der Waals surface area contributed by atoms with Gasteiger partial charge in [-0.05, 0) is 51.0 Å². The van der Waals surface area contributed by atoms with Gasteiger partial charge in [0.2, 0.25) is 0 Å². The molecule has 23 heavy (non-hydrogen) atoms. The van der Waals surface area contributed by atoms with Crippen molar-refractivity contribution >= 4 is 22.8 Å². The maximum atomic E-state index is 4.84. The predicted molar refractivity (Wildman–Crippen MR) is 99.3 cm³/mol. The lowest BCUT2D eigenvalue weighted by Crippen LogP contribution is -2.22. The lowest BCUT2D eigenvalue weighted by atomic mass is 9.88. The Kier molecular flexibility index (Phi) is 5.02.